The molecular weight excluding hydrogens is 364 g/mol. The predicted molar refractivity (Wildman–Crippen MR) is 117 cm³/mol. The van der Waals surface area contributed by atoms with Crippen LogP contribution in [0, 0.1) is 11.3 Å². The van der Waals surface area contributed by atoms with Crippen LogP contribution in [0.5, 0.6) is 0 Å². The van der Waals surface area contributed by atoms with Crippen molar-refractivity contribution in [2.24, 2.45) is 16.3 Å². The van der Waals surface area contributed by atoms with E-state index in [9.17, 15) is 0 Å². The molecule has 0 bridgehead atoms. The highest BCUT2D eigenvalue weighted by molar-refractivity contribution is 5.79. The van der Waals surface area contributed by atoms with Crippen molar-refractivity contribution in [1.29, 1.82) is 0 Å². The Labute approximate surface area is 174 Å². The summed E-state index contributed by atoms with van der Waals surface area (Å²) in [4.78, 5) is 9.25. The second-order valence-corrected chi connectivity index (χ2v) is 8.65. The van der Waals surface area contributed by atoms with Crippen molar-refractivity contribution >= 4 is 5.96 Å². The van der Waals surface area contributed by atoms with Gasteiger partial charge in [-0.3, -0.25) is 0 Å². The van der Waals surface area contributed by atoms with E-state index in [2.05, 4.69) is 43.3 Å². The van der Waals surface area contributed by atoms with E-state index in [4.69, 9.17) is 14.1 Å². The van der Waals surface area contributed by atoms with Crippen molar-refractivity contribution in [1.82, 2.24) is 15.6 Å². The van der Waals surface area contributed by atoms with Crippen LogP contribution in [0.2, 0.25) is 0 Å². The molecule has 1 saturated heterocycles. The fourth-order valence-electron chi connectivity index (χ4n) is 3.83. The molecular formula is C23H34N4O2. The van der Waals surface area contributed by atoms with Crippen LogP contribution >= 0.6 is 0 Å². The molecule has 3 rings (SSSR count). The van der Waals surface area contributed by atoms with Gasteiger partial charge in [0.05, 0.1) is 12.6 Å². The summed E-state index contributed by atoms with van der Waals surface area (Å²) in [5, 5.41) is 6.83. The zero-order chi connectivity index (χ0) is 20.7. The molecule has 0 spiro atoms. The molecule has 0 radical (unpaired) electrons. The first-order chi connectivity index (χ1) is 14.0. The minimum Gasteiger partial charge on any atom is -0.444 e. The Bertz CT molecular complexity index is 780. The van der Waals surface area contributed by atoms with Gasteiger partial charge in [-0.1, -0.05) is 39.0 Å². The van der Waals surface area contributed by atoms with E-state index >= 15 is 0 Å². The number of guanidine groups is 1. The average Bonchev–Trinajstić information content (AvgIpc) is 3.19. The highest BCUT2D eigenvalue weighted by Crippen LogP contribution is 2.33. The van der Waals surface area contributed by atoms with E-state index < -0.39 is 0 Å². The van der Waals surface area contributed by atoms with Gasteiger partial charge in [0.1, 0.15) is 12.0 Å². The first-order valence-corrected chi connectivity index (χ1v) is 10.6. The van der Waals surface area contributed by atoms with Crippen LogP contribution in [0.25, 0.3) is 11.5 Å². The number of nitrogens with zero attached hydrogens (tertiary/aromatic N) is 2. The molecule has 0 amide bonds. The van der Waals surface area contributed by atoms with Gasteiger partial charge in [-0.2, -0.15) is 0 Å². The van der Waals surface area contributed by atoms with Crippen LogP contribution in [-0.2, 0) is 11.3 Å². The van der Waals surface area contributed by atoms with Crippen LogP contribution in [0.15, 0.2) is 46.0 Å². The Morgan fingerprint density at radius 3 is 2.72 bits per heavy atom. The number of benzene rings is 1. The van der Waals surface area contributed by atoms with Gasteiger partial charge >= 0.3 is 0 Å². The third kappa shape index (κ3) is 6.07. The SMILES string of the molecule is CCNC(=NCc1coc(-c2ccccc2)n1)NCC1CCCOC1C(C)(C)C. The largest absolute Gasteiger partial charge is 0.444 e. The second kappa shape index (κ2) is 9.92. The standard InChI is InChI=1S/C23H34N4O2/c1-5-24-22(25-14-18-12-9-13-28-20(18)23(2,3)4)26-15-19-16-29-21(27-19)17-10-7-6-8-11-17/h6-8,10-11,16,18,20H,5,9,12-15H2,1-4H3,(H2,24,25,26). The lowest BCUT2D eigenvalue weighted by atomic mass is 9.78. The molecule has 1 aliphatic rings. The minimum atomic E-state index is 0.136. The molecule has 0 saturated carbocycles. The van der Waals surface area contributed by atoms with Crippen molar-refractivity contribution in [2.75, 3.05) is 19.7 Å². The van der Waals surface area contributed by atoms with Crippen molar-refractivity contribution in [3.63, 3.8) is 0 Å². The molecule has 6 heteroatoms. The molecule has 6 nitrogen and oxygen atoms in total. The van der Waals surface area contributed by atoms with E-state index in [1.807, 2.05) is 30.3 Å². The van der Waals surface area contributed by atoms with Crippen LogP contribution in [-0.4, -0.2) is 36.7 Å². The van der Waals surface area contributed by atoms with Crippen molar-refractivity contribution in [3.8, 4) is 11.5 Å². The van der Waals surface area contributed by atoms with Crippen LogP contribution < -0.4 is 10.6 Å². The van der Waals surface area contributed by atoms with E-state index in [-0.39, 0.29) is 11.5 Å². The molecule has 2 atom stereocenters. The van der Waals surface area contributed by atoms with Gasteiger partial charge in [-0.25, -0.2) is 9.98 Å². The molecule has 2 unspecified atom stereocenters. The maximum absolute atomic E-state index is 6.10. The van der Waals surface area contributed by atoms with Crippen molar-refractivity contribution < 1.29 is 9.15 Å². The van der Waals surface area contributed by atoms with Crippen LogP contribution in [0.4, 0.5) is 0 Å². The summed E-state index contributed by atoms with van der Waals surface area (Å²) in [6, 6.07) is 9.91. The zero-order valence-electron chi connectivity index (χ0n) is 18.1. The number of hydrogen-bond donors (Lipinski definition) is 2. The van der Waals surface area contributed by atoms with Gasteiger partial charge in [-0.05, 0) is 37.3 Å². The highest BCUT2D eigenvalue weighted by Gasteiger charge is 2.35. The summed E-state index contributed by atoms with van der Waals surface area (Å²) in [5.74, 6) is 1.90. The van der Waals surface area contributed by atoms with Gasteiger partial charge in [0.2, 0.25) is 5.89 Å². The Morgan fingerprint density at radius 2 is 2.00 bits per heavy atom. The van der Waals surface area contributed by atoms with Gasteiger partial charge < -0.3 is 19.8 Å². The molecule has 1 aromatic carbocycles. The molecule has 0 aliphatic carbocycles. The van der Waals surface area contributed by atoms with E-state index in [1.54, 1.807) is 6.26 Å². The Balaban J connectivity index is 1.61. The topological polar surface area (TPSA) is 71.7 Å². The third-order valence-electron chi connectivity index (χ3n) is 5.15. The van der Waals surface area contributed by atoms with Gasteiger partial charge in [-0.15, -0.1) is 0 Å². The maximum atomic E-state index is 6.10. The molecule has 1 aromatic heterocycles. The van der Waals surface area contributed by atoms with Crippen LogP contribution in [0.3, 0.4) is 0 Å². The summed E-state index contributed by atoms with van der Waals surface area (Å²) in [6.45, 7) is 11.8. The fourth-order valence-corrected chi connectivity index (χ4v) is 3.83. The van der Waals surface area contributed by atoms with Crippen LogP contribution in [0.1, 0.15) is 46.2 Å². The molecule has 1 fully saturated rings. The normalized spacial score (nSPS) is 20.5. The number of aliphatic imine (C=N–C) groups is 1. The highest BCUT2D eigenvalue weighted by atomic mass is 16.5. The van der Waals surface area contributed by atoms with Gasteiger partial charge in [0, 0.05) is 31.2 Å². The van der Waals surface area contributed by atoms with Gasteiger partial charge in [0.25, 0.3) is 0 Å². The first kappa shape index (κ1) is 21.4. The molecule has 2 aromatic rings. The van der Waals surface area contributed by atoms with E-state index in [1.165, 1.54) is 6.42 Å². The molecule has 158 valence electrons. The lowest BCUT2D eigenvalue weighted by Gasteiger charge is -2.40. The Hall–Kier alpha value is -2.34. The molecule has 1 aliphatic heterocycles. The molecule has 29 heavy (non-hydrogen) atoms. The molecule has 2 N–H and O–H groups in total. The lowest BCUT2D eigenvalue weighted by molar-refractivity contribution is -0.0835. The summed E-state index contributed by atoms with van der Waals surface area (Å²) in [6.07, 6.45) is 4.24. The summed E-state index contributed by atoms with van der Waals surface area (Å²) in [7, 11) is 0. The number of aromatic nitrogens is 1. The maximum Gasteiger partial charge on any atom is 0.226 e. The summed E-state index contributed by atoms with van der Waals surface area (Å²) < 4.78 is 11.7. The third-order valence-corrected chi connectivity index (χ3v) is 5.15. The smallest absolute Gasteiger partial charge is 0.226 e. The number of ether oxygens (including phenoxy) is 1. The predicted octanol–water partition coefficient (Wildman–Crippen LogP) is 4.24. The van der Waals surface area contributed by atoms with Crippen molar-refractivity contribution in [3.05, 3.63) is 42.3 Å². The first-order valence-electron chi connectivity index (χ1n) is 10.6. The monoisotopic (exact) mass is 398 g/mol. The van der Waals surface area contributed by atoms with E-state index in [0.717, 1.165) is 43.3 Å². The fraction of sp³-hybridized carbons (Fsp3) is 0.565. The van der Waals surface area contributed by atoms with Crippen molar-refractivity contribution in [2.45, 2.75) is 53.2 Å². The Kier molecular flexibility index (Phi) is 7.31. The van der Waals surface area contributed by atoms with E-state index in [0.29, 0.717) is 18.4 Å². The quantitative estimate of drug-likeness (QED) is 0.563. The Morgan fingerprint density at radius 1 is 1.21 bits per heavy atom. The number of hydrogen-bond acceptors (Lipinski definition) is 4. The second-order valence-electron chi connectivity index (χ2n) is 8.65. The number of rotatable bonds is 6. The van der Waals surface area contributed by atoms with Gasteiger partial charge in [0.15, 0.2) is 5.96 Å². The average molecular weight is 399 g/mol. The number of nitrogens with one attached hydrogen (secondary N) is 2. The molecule has 2 heterocycles. The number of oxazole rings is 1. The lowest BCUT2D eigenvalue weighted by Crippen LogP contribution is -2.47. The summed E-state index contributed by atoms with van der Waals surface area (Å²) >= 11 is 0. The minimum absolute atomic E-state index is 0.136. The summed E-state index contributed by atoms with van der Waals surface area (Å²) in [5.41, 5.74) is 1.92. The zero-order valence-corrected chi connectivity index (χ0v) is 18.1.